The monoisotopic (exact) mass is 220 g/mol. The van der Waals surface area contributed by atoms with Gasteiger partial charge in [-0.25, -0.2) is 4.79 Å². The second-order valence-electron chi connectivity index (χ2n) is 3.26. The van der Waals surface area contributed by atoms with E-state index in [0.29, 0.717) is 13.0 Å². The molecule has 0 aliphatic carbocycles. The maximum absolute atomic E-state index is 11.1. The van der Waals surface area contributed by atoms with Gasteiger partial charge >= 0.3 is 5.97 Å². The molecule has 3 nitrogen and oxygen atoms in total. The molecule has 0 aromatic heterocycles. The van der Waals surface area contributed by atoms with Crippen molar-refractivity contribution in [2.24, 2.45) is 0 Å². The highest BCUT2D eigenvalue weighted by Gasteiger charge is 1.99. The number of hydrogen-bond acceptors (Lipinski definition) is 3. The lowest BCUT2D eigenvalue weighted by molar-refractivity contribution is -0.137. The summed E-state index contributed by atoms with van der Waals surface area (Å²) >= 11 is 0. The molecule has 0 aliphatic rings. The maximum atomic E-state index is 11.1. The van der Waals surface area contributed by atoms with Crippen LogP contribution in [-0.4, -0.2) is 24.3 Å². The molecular weight excluding hydrogens is 204 g/mol. The van der Waals surface area contributed by atoms with Crippen LogP contribution >= 0.6 is 0 Å². The molecule has 1 aromatic rings. The second kappa shape index (κ2) is 6.80. The Balaban J connectivity index is 2.75. The molecule has 86 valence electrons. The zero-order valence-corrected chi connectivity index (χ0v) is 9.35. The van der Waals surface area contributed by atoms with E-state index in [1.54, 1.807) is 13.0 Å². The summed E-state index contributed by atoms with van der Waals surface area (Å²) in [6.07, 6.45) is 3.70. The molecule has 0 unspecified atom stereocenters. The van der Waals surface area contributed by atoms with Crippen LogP contribution in [-0.2, 0) is 16.0 Å². The van der Waals surface area contributed by atoms with Gasteiger partial charge in [0.25, 0.3) is 0 Å². The minimum absolute atomic E-state index is 0.101. The number of aliphatic hydroxyl groups is 1. The summed E-state index contributed by atoms with van der Waals surface area (Å²) in [5.41, 5.74) is 1.95. The molecular formula is C13H16O3. The van der Waals surface area contributed by atoms with Crippen molar-refractivity contribution in [1.29, 1.82) is 0 Å². The molecule has 0 heterocycles. The van der Waals surface area contributed by atoms with Gasteiger partial charge in [-0.1, -0.05) is 24.3 Å². The van der Waals surface area contributed by atoms with Crippen molar-refractivity contribution in [3.05, 3.63) is 41.5 Å². The summed E-state index contributed by atoms with van der Waals surface area (Å²) in [5.74, 6) is -0.346. The molecule has 0 fully saturated rings. The summed E-state index contributed by atoms with van der Waals surface area (Å²) in [6, 6.07) is 7.64. The molecule has 0 bridgehead atoms. The van der Waals surface area contributed by atoms with Gasteiger partial charge in [0.15, 0.2) is 0 Å². The van der Waals surface area contributed by atoms with Crippen LogP contribution in [0, 0.1) is 0 Å². The predicted molar refractivity (Wildman–Crippen MR) is 62.9 cm³/mol. The number of ether oxygens (including phenoxy) is 1. The van der Waals surface area contributed by atoms with E-state index in [2.05, 4.69) is 0 Å². The Kier molecular flexibility index (Phi) is 5.29. The van der Waals surface area contributed by atoms with Gasteiger partial charge in [0.1, 0.15) is 0 Å². The smallest absolute Gasteiger partial charge is 0.330 e. The first-order chi connectivity index (χ1) is 7.77. The molecule has 1 rings (SSSR count). The van der Waals surface area contributed by atoms with Crippen LogP contribution in [0.2, 0.25) is 0 Å². The van der Waals surface area contributed by atoms with Gasteiger partial charge in [-0.15, -0.1) is 0 Å². The van der Waals surface area contributed by atoms with Crippen molar-refractivity contribution in [3.63, 3.8) is 0 Å². The Labute approximate surface area is 95.4 Å². The van der Waals surface area contributed by atoms with Crippen molar-refractivity contribution in [1.82, 2.24) is 0 Å². The van der Waals surface area contributed by atoms with Crippen molar-refractivity contribution in [2.45, 2.75) is 13.3 Å². The lowest BCUT2D eigenvalue weighted by atomic mass is 10.0. The fourth-order valence-corrected chi connectivity index (χ4v) is 1.39. The number of esters is 1. The minimum Gasteiger partial charge on any atom is -0.463 e. The van der Waals surface area contributed by atoms with Crippen molar-refractivity contribution in [3.8, 4) is 0 Å². The highest BCUT2D eigenvalue weighted by atomic mass is 16.5. The first-order valence-corrected chi connectivity index (χ1v) is 5.31. The Morgan fingerprint density at radius 1 is 1.44 bits per heavy atom. The summed E-state index contributed by atoms with van der Waals surface area (Å²) in [6.45, 7) is 2.25. The maximum Gasteiger partial charge on any atom is 0.330 e. The minimum atomic E-state index is -0.346. The van der Waals surface area contributed by atoms with E-state index < -0.39 is 0 Å². The van der Waals surface area contributed by atoms with Crippen LogP contribution in [0.3, 0.4) is 0 Å². The van der Waals surface area contributed by atoms with E-state index in [0.717, 1.165) is 11.1 Å². The molecule has 0 aliphatic heterocycles. The van der Waals surface area contributed by atoms with E-state index in [4.69, 9.17) is 9.84 Å². The van der Waals surface area contributed by atoms with Crippen LogP contribution in [0.15, 0.2) is 30.3 Å². The Morgan fingerprint density at radius 2 is 2.19 bits per heavy atom. The number of carbonyl (C=O) groups excluding carboxylic acids is 1. The standard InChI is InChI=1S/C13H16O3/c1-2-16-13(15)8-7-11-5-3-4-6-12(11)9-10-14/h3-8,14H,2,9-10H2,1H3. The van der Waals surface area contributed by atoms with Crippen LogP contribution < -0.4 is 0 Å². The molecule has 1 N–H and O–H groups in total. The molecule has 0 atom stereocenters. The fraction of sp³-hybridized carbons (Fsp3) is 0.308. The third-order valence-electron chi connectivity index (χ3n) is 2.12. The number of carbonyl (C=O) groups is 1. The summed E-state index contributed by atoms with van der Waals surface area (Å²) in [4.78, 5) is 11.1. The van der Waals surface area contributed by atoms with E-state index in [1.807, 2.05) is 24.3 Å². The van der Waals surface area contributed by atoms with Crippen LogP contribution in [0.25, 0.3) is 6.08 Å². The van der Waals surface area contributed by atoms with Crippen LogP contribution in [0.5, 0.6) is 0 Å². The normalized spacial score (nSPS) is 10.6. The summed E-state index contributed by atoms with van der Waals surface area (Å²) in [7, 11) is 0. The fourth-order valence-electron chi connectivity index (χ4n) is 1.39. The number of rotatable bonds is 5. The Hall–Kier alpha value is -1.61. The lowest BCUT2D eigenvalue weighted by Crippen LogP contribution is -1.99. The molecule has 1 aromatic carbocycles. The number of benzene rings is 1. The molecule has 16 heavy (non-hydrogen) atoms. The average Bonchev–Trinajstić information content (AvgIpc) is 2.29. The van der Waals surface area contributed by atoms with Gasteiger partial charge in [-0.05, 0) is 30.5 Å². The van der Waals surface area contributed by atoms with Gasteiger partial charge in [0, 0.05) is 12.7 Å². The summed E-state index contributed by atoms with van der Waals surface area (Å²) < 4.78 is 4.79. The topological polar surface area (TPSA) is 46.5 Å². The third-order valence-corrected chi connectivity index (χ3v) is 2.12. The first kappa shape index (κ1) is 12.5. The predicted octanol–water partition coefficient (Wildman–Crippen LogP) is 1.80. The highest BCUT2D eigenvalue weighted by molar-refractivity contribution is 5.87. The zero-order chi connectivity index (χ0) is 11.8. The van der Waals surface area contributed by atoms with Crippen molar-refractivity contribution >= 4 is 12.0 Å². The molecule has 3 heteroatoms. The van der Waals surface area contributed by atoms with Crippen LogP contribution in [0.4, 0.5) is 0 Å². The van der Waals surface area contributed by atoms with E-state index in [-0.39, 0.29) is 12.6 Å². The van der Waals surface area contributed by atoms with Crippen LogP contribution in [0.1, 0.15) is 18.1 Å². The van der Waals surface area contributed by atoms with Gasteiger partial charge in [-0.2, -0.15) is 0 Å². The van der Waals surface area contributed by atoms with E-state index in [1.165, 1.54) is 6.08 Å². The van der Waals surface area contributed by atoms with Crippen molar-refractivity contribution < 1.29 is 14.6 Å². The Bertz CT molecular complexity index is 369. The molecule has 0 spiro atoms. The van der Waals surface area contributed by atoms with Gasteiger partial charge in [0.2, 0.25) is 0 Å². The zero-order valence-electron chi connectivity index (χ0n) is 9.35. The molecule has 0 saturated heterocycles. The molecule has 0 saturated carbocycles. The van der Waals surface area contributed by atoms with Gasteiger partial charge in [0.05, 0.1) is 6.61 Å². The van der Waals surface area contributed by atoms with E-state index in [9.17, 15) is 4.79 Å². The van der Waals surface area contributed by atoms with Gasteiger partial charge < -0.3 is 9.84 Å². The van der Waals surface area contributed by atoms with E-state index >= 15 is 0 Å². The largest absolute Gasteiger partial charge is 0.463 e. The number of hydrogen-bond donors (Lipinski definition) is 1. The highest BCUT2D eigenvalue weighted by Crippen LogP contribution is 2.11. The molecule has 0 amide bonds. The third kappa shape index (κ3) is 3.87. The SMILES string of the molecule is CCOC(=O)C=Cc1ccccc1CCO. The van der Waals surface area contributed by atoms with Gasteiger partial charge in [-0.3, -0.25) is 0 Å². The quantitative estimate of drug-likeness (QED) is 0.608. The molecule has 0 radical (unpaired) electrons. The Morgan fingerprint density at radius 3 is 2.88 bits per heavy atom. The second-order valence-corrected chi connectivity index (χ2v) is 3.26. The first-order valence-electron chi connectivity index (χ1n) is 5.31. The average molecular weight is 220 g/mol. The number of aliphatic hydroxyl groups excluding tert-OH is 1. The lowest BCUT2D eigenvalue weighted by Gasteiger charge is -2.03. The summed E-state index contributed by atoms with van der Waals surface area (Å²) in [5, 5.41) is 8.89. The van der Waals surface area contributed by atoms with Crippen molar-refractivity contribution in [2.75, 3.05) is 13.2 Å².